The smallest absolute Gasteiger partial charge is 0.314 e. The van der Waals surface area contributed by atoms with Gasteiger partial charge in [0.2, 0.25) is 0 Å². The number of anilines is 2. The molecule has 7 nitrogen and oxygen atoms in total. The number of carbonyl (C=O) groups is 2. The number of carboxylic acids is 1. The summed E-state index contributed by atoms with van der Waals surface area (Å²) in [4.78, 5) is 27.4. The summed E-state index contributed by atoms with van der Waals surface area (Å²) >= 11 is 0. The Labute approximate surface area is 137 Å². The molecule has 1 saturated heterocycles. The molecule has 1 aliphatic rings. The number of aromatic nitrogens is 1. The van der Waals surface area contributed by atoms with E-state index in [2.05, 4.69) is 15.0 Å². The van der Waals surface area contributed by atoms with Gasteiger partial charge in [-0.2, -0.15) is 0 Å². The Hall–Kier alpha value is -2.45. The first kappa shape index (κ1) is 17.9. The first-order chi connectivity index (χ1) is 11.3. The van der Waals surface area contributed by atoms with Crippen LogP contribution in [0.25, 0.3) is 0 Å². The number of carboxylic acid groups (broad SMARTS) is 1. The average molecular weight is 343 g/mol. The fourth-order valence-corrected chi connectivity index (χ4v) is 2.56. The average Bonchev–Trinajstić information content (AvgIpc) is 2.53. The quantitative estimate of drug-likeness (QED) is 0.758. The monoisotopic (exact) mass is 343 g/mol. The summed E-state index contributed by atoms with van der Waals surface area (Å²) in [6.07, 6.45) is 1.41. The molecule has 1 atom stereocenters. The van der Waals surface area contributed by atoms with Crippen molar-refractivity contribution in [1.29, 1.82) is 0 Å². The van der Waals surface area contributed by atoms with Crippen LogP contribution in [-0.2, 0) is 14.3 Å². The molecular weight excluding hydrogens is 324 g/mol. The van der Waals surface area contributed by atoms with Gasteiger partial charge in [0.1, 0.15) is 11.7 Å². The van der Waals surface area contributed by atoms with Gasteiger partial charge in [0, 0.05) is 13.1 Å². The highest BCUT2D eigenvalue weighted by molar-refractivity contribution is 5.74. The number of carbonyl (C=O) groups excluding carboxylic acids is 1. The van der Waals surface area contributed by atoms with Crippen LogP contribution in [0.5, 0.6) is 0 Å². The number of nitrogens with one attached hydrogen (secondary N) is 1. The number of hydrogen-bond acceptors (Lipinski definition) is 6. The summed E-state index contributed by atoms with van der Waals surface area (Å²) in [5, 5.41) is 11.4. The molecule has 24 heavy (non-hydrogen) atoms. The van der Waals surface area contributed by atoms with Gasteiger partial charge in [-0.3, -0.25) is 9.59 Å². The normalized spacial score (nSPS) is 19.6. The summed E-state index contributed by atoms with van der Waals surface area (Å²) in [5.41, 5.74) is 0.608. The second-order valence-electron chi connectivity index (χ2n) is 5.52. The third-order valence-electron chi connectivity index (χ3n) is 3.82. The van der Waals surface area contributed by atoms with Crippen LogP contribution in [-0.4, -0.2) is 54.7 Å². The highest BCUT2D eigenvalue weighted by Gasteiger charge is 2.49. The Morgan fingerprint density at radius 3 is 2.79 bits per heavy atom. The molecule has 1 fully saturated rings. The van der Waals surface area contributed by atoms with Crippen molar-refractivity contribution >= 4 is 23.4 Å². The highest BCUT2D eigenvalue weighted by atomic mass is 19.3. The molecule has 0 saturated carbocycles. The van der Waals surface area contributed by atoms with Crippen LogP contribution >= 0.6 is 0 Å². The number of esters is 1. The number of methoxy groups -OCH3 is 1. The zero-order valence-corrected chi connectivity index (χ0v) is 13.2. The predicted molar refractivity (Wildman–Crippen MR) is 82.3 cm³/mol. The predicted octanol–water partition coefficient (Wildman–Crippen LogP) is 1.60. The lowest BCUT2D eigenvalue weighted by Crippen LogP contribution is -2.51. The number of aliphatic carboxylic acids is 1. The van der Waals surface area contributed by atoms with Crippen LogP contribution in [0.1, 0.15) is 12.8 Å². The minimum atomic E-state index is -3.19. The van der Waals surface area contributed by atoms with Crippen LogP contribution < -0.4 is 10.2 Å². The van der Waals surface area contributed by atoms with E-state index in [-0.39, 0.29) is 25.9 Å². The van der Waals surface area contributed by atoms with E-state index < -0.39 is 30.3 Å². The van der Waals surface area contributed by atoms with Gasteiger partial charge in [0.25, 0.3) is 5.92 Å². The Kier molecular flexibility index (Phi) is 5.53. The van der Waals surface area contributed by atoms with Crippen molar-refractivity contribution < 1.29 is 28.2 Å². The van der Waals surface area contributed by atoms with Gasteiger partial charge in [-0.05, 0) is 18.6 Å². The van der Waals surface area contributed by atoms with E-state index >= 15 is 0 Å². The lowest BCUT2D eigenvalue weighted by molar-refractivity contribution is -0.162. The number of rotatable bonds is 6. The molecule has 1 aromatic heterocycles. The molecule has 1 aromatic rings. The van der Waals surface area contributed by atoms with Crippen molar-refractivity contribution in [3.63, 3.8) is 0 Å². The largest absolute Gasteiger partial charge is 0.481 e. The molecule has 0 bridgehead atoms. The van der Waals surface area contributed by atoms with Crippen LogP contribution in [0.15, 0.2) is 18.3 Å². The third-order valence-corrected chi connectivity index (χ3v) is 3.82. The van der Waals surface area contributed by atoms with Gasteiger partial charge in [-0.25, -0.2) is 13.8 Å². The lowest BCUT2D eigenvalue weighted by Gasteiger charge is -2.37. The second-order valence-corrected chi connectivity index (χ2v) is 5.52. The van der Waals surface area contributed by atoms with Gasteiger partial charge < -0.3 is 20.1 Å². The van der Waals surface area contributed by atoms with Crippen LogP contribution in [0.3, 0.4) is 0 Å². The number of nitrogens with zero attached hydrogens (tertiary/aromatic N) is 2. The molecule has 2 heterocycles. The molecule has 2 N–H and O–H groups in total. The van der Waals surface area contributed by atoms with E-state index in [9.17, 15) is 18.4 Å². The van der Waals surface area contributed by atoms with E-state index in [1.165, 1.54) is 11.1 Å². The molecule has 1 unspecified atom stereocenters. The number of piperidine rings is 1. The number of halogens is 2. The molecule has 0 aliphatic carbocycles. The molecule has 1 aliphatic heterocycles. The molecule has 2 rings (SSSR count). The molecular formula is C15H19F2N3O4. The second kappa shape index (κ2) is 7.41. The summed E-state index contributed by atoms with van der Waals surface area (Å²) < 4.78 is 32.7. The van der Waals surface area contributed by atoms with Gasteiger partial charge in [0.05, 0.1) is 32.0 Å². The van der Waals surface area contributed by atoms with Crippen LogP contribution in [0.4, 0.5) is 20.3 Å². The lowest BCUT2D eigenvalue weighted by atomic mass is 9.93. The summed E-state index contributed by atoms with van der Waals surface area (Å²) in [5.74, 6) is -6.06. The SMILES string of the molecule is COC(=O)C1CCN(c2ccc(NCCC(=O)O)cn2)CC1(F)F. The van der Waals surface area contributed by atoms with Gasteiger partial charge >= 0.3 is 11.9 Å². The molecule has 0 radical (unpaired) electrons. The van der Waals surface area contributed by atoms with Crippen molar-refractivity contribution in [3.05, 3.63) is 18.3 Å². The maximum atomic E-state index is 14.1. The molecule has 132 valence electrons. The Bertz CT molecular complexity index is 595. The zero-order chi connectivity index (χ0) is 17.7. The summed E-state index contributed by atoms with van der Waals surface area (Å²) in [6.45, 7) is -0.0847. The van der Waals surface area contributed by atoms with Crippen LogP contribution in [0.2, 0.25) is 0 Å². The fourth-order valence-electron chi connectivity index (χ4n) is 2.56. The number of pyridine rings is 1. The van der Waals surface area contributed by atoms with Crippen molar-refractivity contribution in [2.75, 3.05) is 37.0 Å². The van der Waals surface area contributed by atoms with E-state index in [0.717, 1.165) is 7.11 Å². The number of hydrogen-bond donors (Lipinski definition) is 2. The molecule has 0 amide bonds. The Balaban J connectivity index is 1.97. The third kappa shape index (κ3) is 4.30. The van der Waals surface area contributed by atoms with Crippen molar-refractivity contribution in [3.8, 4) is 0 Å². The van der Waals surface area contributed by atoms with Crippen molar-refractivity contribution in [2.24, 2.45) is 5.92 Å². The van der Waals surface area contributed by atoms with Gasteiger partial charge in [-0.1, -0.05) is 0 Å². The van der Waals surface area contributed by atoms with Crippen molar-refractivity contribution in [2.45, 2.75) is 18.8 Å². The van der Waals surface area contributed by atoms with E-state index in [1.807, 2.05) is 0 Å². The van der Waals surface area contributed by atoms with Crippen molar-refractivity contribution in [1.82, 2.24) is 4.98 Å². The summed E-state index contributed by atoms with van der Waals surface area (Å²) in [7, 11) is 1.10. The van der Waals surface area contributed by atoms with E-state index in [4.69, 9.17) is 5.11 Å². The standard InChI is InChI=1S/C15H19F2N3O4/c1-24-14(23)11-5-7-20(9-15(11,16)17)12-3-2-10(8-19-12)18-6-4-13(21)22/h2-3,8,11,18H,4-7,9H2,1H3,(H,21,22). The fraction of sp³-hybridized carbons (Fsp3) is 0.533. The minimum Gasteiger partial charge on any atom is -0.481 e. The Morgan fingerprint density at radius 1 is 1.50 bits per heavy atom. The molecule has 9 heteroatoms. The zero-order valence-electron chi connectivity index (χ0n) is 13.2. The van der Waals surface area contributed by atoms with Gasteiger partial charge in [-0.15, -0.1) is 0 Å². The van der Waals surface area contributed by atoms with Crippen LogP contribution in [0, 0.1) is 5.92 Å². The maximum absolute atomic E-state index is 14.1. The van der Waals surface area contributed by atoms with E-state index in [1.54, 1.807) is 12.1 Å². The number of alkyl halides is 2. The maximum Gasteiger partial charge on any atom is 0.314 e. The number of ether oxygens (including phenoxy) is 1. The van der Waals surface area contributed by atoms with E-state index in [0.29, 0.717) is 11.5 Å². The molecule has 0 spiro atoms. The Morgan fingerprint density at radius 2 is 2.25 bits per heavy atom. The first-order valence-corrected chi connectivity index (χ1v) is 7.46. The highest BCUT2D eigenvalue weighted by Crippen LogP contribution is 2.35. The first-order valence-electron chi connectivity index (χ1n) is 7.46. The minimum absolute atomic E-state index is 0.0139. The molecule has 0 aromatic carbocycles. The summed E-state index contributed by atoms with van der Waals surface area (Å²) in [6, 6.07) is 3.23. The van der Waals surface area contributed by atoms with Gasteiger partial charge in [0.15, 0.2) is 0 Å². The topological polar surface area (TPSA) is 91.8 Å².